The molecule has 7 heavy (non-hydrogen) atoms. The highest BCUT2D eigenvalue weighted by atomic mass is 16.5. The second kappa shape index (κ2) is 2.31. The molecular weight excluding hydrogens is 88.1 g/mol. The average molecular weight is 99.2 g/mol. The quantitative estimate of drug-likeness (QED) is 0.417. The van der Waals surface area contributed by atoms with Gasteiger partial charge < -0.3 is 10.7 Å². The van der Waals surface area contributed by atoms with E-state index in [-0.39, 0.29) is 0 Å². The first-order chi connectivity index (χ1) is 3.39. The Morgan fingerprint density at radius 2 is 1.86 bits per heavy atom. The monoisotopic (exact) mass is 99.1 g/mol. The van der Waals surface area contributed by atoms with Gasteiger partial charge in [0.2, 0.25) is 0 Å². The van der Waals surface area contributed by atoms with E-state index in [0.29, 0.717) is 0 Å². The van der Waals surface area contributed by atoms with Gasteiger partial charge in [0.05, 0.1) is 0 Å². The zero-order valence-corrected chi connectivity index (χ0v) is 4.74. The van der Waals surface area contributed by atoms with Crippen LogP contribution in [0.25, 0.3) is 0 Å². The van der Waals surface area contributed by atoms with Gasteiger partial charge in [-0.2, -0.15) is 19.8 Å². The molecule has 0 N–H and O–H groups in total. The van der Waals surface area contributed by atoms with Crippen LogP contribution in [-0.4, -0.2) is 13.2 Å². The molecule has 1 rings (SSSR count). The lowest BCUT2D eigenvalue weighted by atomic mass is 10.0. The lowest BCUT2D eigenvalue weighted by Crippen LogP contribution is -2.10. The van der Waals surface area contributed by atoms with E-state index in [9.17, 15) is 0 Å². The van der Waals surface area contributed by atoms with Gasteiger partial charge in [-0.05, 0) is 0 Å². The summed E-state index contributed by atoms with van der Waals surface area (Å²) in [4.78, 5) is 0. The van der Waals surface area contributed by atoms with Crippen molar-refractivity contribution in [1.82, 2.24) is 0 Å². The molecule has 1 fully saturated rings. The molecule has 1 saturated heterocycles. The van der Waals surface area contributed by atoms with E-state index < -0.39 is 0 Å². The third-order valence-electron chi connectivity index (χ3n) is 1.35. The molecule has 1 aliphatic heterocycles. The van der Waals surface area contributed by atoms with Crippen LogP contribution >= 0.6 is 0 Å². The Morgan fingerprint density at radius 1 is 1.29 bits per heavy atom. The predicted octanol–water partition coefficient (Wildman–Crippen LogP) is 1.39. The molecule has 0 aromatic rings. The van der Waals surface area contributed by atoms with E-state index in [1.807, 2.05) is 0 Å². The van der Waals surface area contributed by atoms with E-state index in [2.05, 4.69) is 6.92 Å². The minimum atomic E-state index is 0.950. The number of hydrogen-bond acceptors (Lipinski definition) is 1. The maximum Gasteiger partial charge on any atom is 0.0197 e. The zero-order valence-electron chi connectivity index (χ0n) is 4.74. The summed E-state index contributed by atoms with van der Waals surface area (Å²) in [6, 6.07) is 0. The molecule has 0 saturated carbocycles. The van der Waals surface area contributed by atoms with Crippen molar-refractivity contribution in [3.05, 3.63) is 5.92 Å². The van der Waals surface area contributed by atoms with Crippen molar-refractivity contribution >= 4 is 0 Å². The molecule has 0 aromatic carbocycles. The van der Waals surface area contributed by atoms with Gasteiger partial charge >= 0.3 is 0 Å². The molecule has 0 atom stereocenters. The van der Waals surface area contributed by atoms with Crippen LogP contribution in [0.5, 0.6) is 0 Å². The third kappa shape index (κ3) is 1.48. The SMILES string of the molecule is C[C-]1CCOCC1. The Morgan fingerprint density at radius 3 is 2.14 bits per heavy atom. The zero-order chi connectivity index (χ0) is 5.11. The van der Waals surface area contributed by atoms with Gasteiger partial charge in [0.1, 0.15) is 0 Å². The van der Waals surface area contributed by atoms with Crippen LogP contribution in [0.3, 0.4) is 0 Å². The smallest absolute Gasteiger partial charge is 0.0197 e. The van der Waals surface area contributed by atoms with Crippen LogP contribution in [-0.2, 0) is 4.74 Å². The Labute approximate surface area is 44.7 Å². The fourth-order valence-electron chi connectivity index (χ4n) is 0.720. The van der Waals surface area contributed by atoms with Gasteiger partial charge in [0, 0.05) is 13.2 Å². The van der Waals surface area contributed by atoms with E-state index in [1.54, 1.807) is 5.92 Å². The predicted molar refractivity (Wildman–Crippen MR) is 29.0 cm³/mol. The van der Waals surface area contributed by atoms with Crippen LogP contribution in [0.1, 0.15) is 19.8 Å². The molecule has 1 heterocycles. The van der Waals surface area contributed by atoms with Gasteiger partial charge in [-0.3, -0.25) is 0 Å². The largest absolute Gasteiger partial charge is 0.387 e. The summed E-state index contributed by atoms with van der Waals surface area (Å²) in [5, 5.41) is 0. The van der Waals surface area contributed by atoms with Gasteiger partial charge in [0.25, 0.3) is 0 Å². The summed E-state index contributed by atoms with van der Waals surface area (Å²) in [6.45, 7) is 4.10. The van der Waals surface area contributed by atoms with Crippen LogP contribution in [0.4, 0.5) is 0 Å². The average Bonchev–Trinajstić information content (AvgIpc) is 1.69. The van der Waals surface area contributed by atoms with E-state index >= 15 is 0 Å². The van der Waals surface area contributed by atoms with Crippen LogP contribution in [0.15, 0.2) is 0 Å². The number of hydrogen-bond donors (Lipinski definition) is 0. The molecule has 42 valence electrons. The highest BCUT2D eigenvalue weighted by molar-refractivity contribution is 4.85. The first kappa shape index (κ1) is 5.10. The van der Waals surface area contributed by atoms with Crippen LogP contribution in [0, 0.1) is 5.92 Å². The number of rotatable bonds is 0. The summed E-state index contributed by atoms with van der Waals surface area (Å²) >= 11 is 0. The minimum absolute atomic E-state index is 0.950. The first-order valence-corrected chi connectivity index (χ1v) is 2.78. The van der Waals surface area contributed by atoms with E-state index in [1.165, 1.54) is 12.8 Å². The summed E-state index contributed by atoms with van der Waals surface area (Å²) in [7, 11) is 0. The van der Waals surface area contributed by atoms with Gasteiger partial charge in [-0.25, -0.2) is 0 Å². The van der Waals surface area contributed by atoms with Gasteiger partial charge in [-0.1, -0.05) is 0 Å². The summed E-state index contributed by atoms with van der Waals surface area (Å²) in [5.74, 6) is 1.59. The topological polar surface area (TPSA) is 9.23 Å². The van der Waals surface area contributed by atoms with E-state index in [0.717, 1.165) is 13.2 Å². The van der Waals surface area contributed by atoms with Gasteiger partial charge in [0.15, 0.2) is 0 Å². The molecule has 0 unspecified atom stereocenters. The molecular formula is C6H11O-. The molecule has 1 nitrogen and oxygen atoms in total. The molecule has 0 radical (unpaired) electrons. The lowest BCUT2D eigenvalue weighted by molar-refractivity contribution is 0.107. The van der Waals surface area contributed by atoms with Gasteiger partial charge in [-0.15, -0.1) is 0 Å². The number of ether oxygens (including phenoxy) is 1. The van der Waals surface area contributed by atoms with Crippen molar-refractivity contribution in [2.24, 2.45) is 0 Å². The van der Waals surface area contributed by atoms with Crippen molar-refractivity contribution in [3.8, 4) is 0 Å². The standard InChI is InChI=1S/C6H11O/c1-6-2-4-7-5-3-6/h2-5H2,1H3/q-1. The van der Waals surface area contributed by atoms with Crippen molar-refractivity contribution in [2.75, 3.05) is 13.2 Å². The fourth-order valence-corrected chi connectivity index (χ4v) is 0.720. The maximum absolute atomic E-state index is 5.12. The molecule has 0 amide bonds. The second-order valence-electron chi connectivity index (χ2n) is 2.07. The van der Waals surface area contributed by atoms with Crippen molar-refractivity contribution in [3.63, 3.8) is 0 Å². The van der Waals surface area contributed by atoms with Crippen molar-refractivity contribution in [2.45, 2.75) is 19.8 Å². The molecule has 0 bridgehead atoms. The Hall–Kier alpha value is -0.0400. The molecule has 0 aromatic heterocycles. The maximum atomic E-state index is 5.12. The Bertz CT molecular complexity index is 46.1. The molecule has 1 heteroatoms. The Kier molecular flexibility index (Phi) is 1.69. The lowest BCUT2D eigenvalue weighted by Gasteiger charge is -2.29. The summed E-state index contributed by atoms with van der Waals surface area (Å²) in [5.41, 5.74) is 0. The highest BCUT2D eigenvalue weighted by Crippen LogP contribution is 2.14. The minimum Gasteiger partial charge on any atom is -0.387 e. The summed E-state index contributed by atoms with van der Waals surface area (Å²) < 4.78 is 5.12. The summed E-state index contributed by atoms with van der Waals surface area (Å²) in [6.07, 6.45) is 2.36. The Balaban J connectivity index is 2.12. The molecule has 0 aliphatic carbocycles. The van der Waals surface area contributed by atoms with Crippen LogP contribution < -0.4 is 0 Å². The first-order valence-electron chi connectivity index (χ1n) is 2.78. The van der Waals surface area contributed by atoms with E-state index in [4.69, 9.17) is 4.74 Å². The highest BCUT2D eigenvalue weighted by Gasteiger charge is 1.93. The van der Waals surface area contributed by atoms with Crippen molar-refractivity contribution < 1.29 is 4.74 Å². The third-order valence-corrected chi connectivity index (χ3v) is 1.35. The van der Waals surface area contributed by atoms with Crippen molar-refractivity contribution in [1.29, 1.82) is 0 Å². The molecule has 0 spiro atoms. The molecule has 1 aliphatic rings. The fraction of sp³-hybridized carbons (Fsp3) is 0.833. The normalized spacial score (nSPS) is 25.3. The van der Waals surface area contributed by atoms with Crippen LogP contribution in [0.2, 0.25) is 0 Å². The second-order valence-corrected chi connectivity index (χ2v) is 2.07.